The zero-order chi connectivity index (χ0) is 9.68. The van der Waals surface area contributed by atoms with Gasteiger partial charge in [0, 0.05) is 0 Å². The molecule has 2 nitrogen and oxygen atoms in total. The van der Waals surface area contributed by atoms with Crippen LogP contribution >= 0.6 is 0 Å². The van der Waals surface area contributed by atoms with Crippen molar-refractivity contribution in [3.8, 4) is 0 Å². The van der Waals surface area contributed by atoms with E-state index in [1.165, 1.54) is 0 Å². The molecule has 1 aromatic carbocycles. The maximum absolute atomic E-state index is 9.63. The van der Waals surface area contributed by atoms with Crippen LogP contribution in [0.15, 0.2) is 42.0 Å². The second-order valence-electron chi connectivity index (χ2n) is 3.03. The maximum Gasteiger partial charge on any atom is 0.0975 e. The molecule has 0 aliphatic heterocycles. The summed E-state index contributed by atoms with van der Waals surface area (Å²) in [6.07, 6.45) is 1.03. The highest BCUT2D eigenvalue weighted by molar-refractivity contribution is 5.22. The third kappa shape index (κ3) is 3.01. The highest BCUT2D eigenvalue weighted by atomic mass is 16.3. The van der Waals surface area contributed by atoms with Gasteiger partial charge >= 0.3 is 0 Å². The zero-order valence-electron chi connectivity index (χ0n) is 7.64. The summed E-state index contributed by atoms with van der Waals surface area (Å²) < 4.78 is 0. The molecule has 1 atom stereocenters. The average molecular weight is 178 g/mol. The smallest absolute Gasteiger partial charge is 0.0975 e. The fourth-order valence-corrected chi connectivity index (χ4v) is 1.07. The fourth-order valence-electron chi connectivity index (χ4n) is 1.07. The first-order valence-corrected chi connectivity index (χ1v) is 4.25. The van der Waals surface area contributed by atoms with Gasteiger partial charge in [0.1, 0.15) is 0 Å². The Morgan fingerprint density at radius 1 is 1.38 bits per heavy atom. The molecule has 0 heterocycles. The second-order valence-corrected chi connectivity index (χ2v) is 3.03. The van der Waals surface area contributed by atoms with Gasteiger partial charge < -0.3 is 10.2 Å². The Kier molecular flexibility index (Phi) is 3.68. The van der Waals surface area contributed by atoms with Crippen molar-refractivity contribution >= 4 is 0 Å². The number of aliphatic hydroxyl groups is 2. The summed E-state index contributed by atoms with van der Waals surface area (Å²) in [6.45, 7) is 1.77. The first-order chi connectivity index (χ1) is 6.24. The minimum Gasteiger partial charge on any atom is -0.392 e. The number of hydrogen-bond donors (Lipinski definition) is 2. The minimum atomic E-state index is -0.617. The summed E-state index contributed by atoms with van der Waals surface area (Å²) in [5, 5.41) is 18.4. The van der Waals surface area contributed by atoms with Crippen LogP contribution in [0, 0.1) is 0 Å². The topological polar surface area (TPSA) is 40.5 Å². The van der Waals surface area contributed by atoms with E-state index in [-0.39, 0.29) is 6.61 Å². The molecule has 13 heavy (non-hydrogen) atoms. The SMILES string of the molecule is C/C(=C/C(O)c1ccccc1)CO. The van der Waals surface area contributed by atoms with Gasteiger partial charge in [0.05, 0.1) is 12.7 Å². The summed E-state index contributed by atoms with van der Waals surface area (Å²) in [4.78, 5) is 0. The first-order valence-electron chi connectivity index (χ1n) is 4.25. The first kappa shape index (κ1) is 9.96. The molecule has 2 N–H and O–H groups in total. The lowest BCUT2D eigenvalue weighted by Crippen LogP contribution is -1.95. The van der Waals surface area contributed by atoms with Gasteiger partial charge in [-0.2, -0.15) is 0 Å². The summed E-state index contributed by atoms with van der Waals surface area (Å²) >= 11 is 0. The molecular weight excluding hydrogens is 164 g/mol. The number of rotatable bonds is 3. The summed E-state index contributed by atoms with van der Waals surface area (Å²) in [7, 11) is 0. The van der Waals surface area contributed by atoms with Gasteiger partial charge in [-0.3, -0.25) is 0 Å². The Bertz CT molecular complexity index is 277. The van der Waals surface area contributed by atoms with Gasteiger partial charge in [-0.05, 0) is 18.1 Å². The van der Waals surface area contributed by atoms with Crippen molar-refractivity contribution in [3.63, 3.8) is 0 Å². The van der Waals surface area contributed by atoms with Gasteiger partial charge in [0.15, 0.2) is 0 Å². The maximum atomic E-state index is 9.63. The molecule has 1 unspecified atom stereocenters. The second kappa shape index (κ2) is 4.80. The monoisotopic (exact) mass is 178 g/mol. The highest BCUT2D eigenvalue weighted by Crippen LogP contribution is 2.14. The van der Waals surface area contributed by atoms with Crippen molar-refractivity contribution in [2.45, 2.75) is 13.0 Å². The molecular formula is C11H14O2. The van der Waals surface area contributed by atoms with Gasteiger partial charge in [0.2, 0.25) is 0 Å². The standard InChI is InChI=1S/C11H14O2/c1-9(8-12)7-11(13)10-5-3-2-4-6-10/h2-7,11-13H,8H2,1H3/b9-7-. The highest BCUT2D eigenvalue weighted by Gasteiger charge is 2.02. The third-order valence-electron chi connectivity index (χ3n) is 1.83. The molecule has 0 radical (unpaired) electrons. The van der Waals surface area contributed by atoms with Gasteiger partial charge in [-0.15, -0.1) is 0 Å². The van der Waals surface area contributed by atoms with E-state index in [0.717, 1.165) is 11.1 Å². The minimum absolute atomic E-state index is 0.0100. The molecule has 0 aromatic heterocycles. The molecule has 70 valence electrons. The van der Waals surface area contributed by atoms with Gasteiger partial charge in [-0.25, -0.2) is 0 Å². The summed E-state index contributed by atoms with van der Waals surface area (Å²) in [5.41, 5.74) is 1.62. The van der Waals surface area contributed by atoms with E-state index in [1.807, 2.05) is 30.3 Å². The molecule has 0 aliphatic rings. The van der Waals surface area contributed by atoms with E-state index >= 15 is 0 Å². The Hall–Kier alpha value is -1.12. The predicted octanol–water partition coefficient (Wildman–Crippen LogP) is 1.66. The number of benzene rings is 1. The lowest BCUT2D eigenvalue weighted by molar-refractivity contribution is 0.225. The van der Waals surface area contributed by atoms with Crippen LogP contribution < -0.4 is 0 Å². The normalized spacial score (nSPS) is 14.2. The predicted molar refractivity (Wildman–Crippen MR) is 52.2 cm³/mol. The van der Waals surface area contributed by atoms with Crippen molar-refractivity contribution in [2.75, 3.05) is 6.61 Å². The molecule has 0 aliphatic carbocycles. The van der Waals surface area contributed by atoms with Crippen molar-refractivity contribution in [1.29, 1.82) is 0 Å². The molecule has 0 spiro atoms. The molecule has 1 rings (SSSR count). The molecule has 0 saturated carbocycles. The van der Waals surface area contributed by atoms with Gasteiger partial charge in [0.25, 0.3) is 0 Å². The quantitative estimate of drug-likeness (QED) is 0.691. The van der Waals surface area contributed by atoms with Gasteiger partial charge in [-0.1, -0.05) is 36.4 Å². The van der Waals surface area contributed by atoms with Crippen molar-refractivity contribution < 1.29 is 10.2 Å². The van der Waals surface area contributed by atoms with E-state index in [1.54, 1.807) is 13.0 Å². The van der Waals surface area contributed by atoms with Crippen LogP contribution in [0.5, 0.6) is 0 Å². The van der Waals surface area contributed by atoms with E-state index in [0.29, 0.717) is 0 Å². The van der Waals surface area contributed by atoms with Crippen molar-refractivity contribution in [3.05, 3.63) is 47.5 Å². The fraction of sp³-hybridized carbons (Fsp3) is 0.273. The van der Waals surface area contributed by atoms with E-state index in [2.05, 4.69) is 0 Å². The Morgan fingerprint density at radius 3 is 2.54 bits per heavy atom. The summed E-state index contributed by atoms with van der Waals surface area (Å²) in [6, 6.07) is 9.36. The molecule has 0 amide bonds. The molecule has 1 aromatic rings. The van der Waals surface area contributed by atoms with Crippen molar-refractivity contribution in [2.24, 2.45) is 0 Å². The van der Waals surface area contributed by atoms with E-state index in [4.69, 9.17) is 5.11 Å². The van der Waals surface area contributed by atoms with Crippen molar-refractivity contribution in [1.82, 2.24) is 0 Å². The lowest BCUT2D eigenvalue weighted by Gasteiger charge is -2.06. The Morgan fingerprint density at radius 2 is 2.00 bits per heavy atom. The van der Waals surface area contributed by atoms with Crippen LogP contribution in [0.3, 0.4) is 0 Å². The Labute approximate surface area is 78.2 Å². The van der Waals surface area contributed by atoms with Crippen LogP contribution in [0.1, 0.15) is 18.6 Å². The zero-order valence-corrected chi connectivity index (χ0v) is 7.64. The molecule has 0 fully saturated rings. The van der Waals surface area contributed by atoms with Crippen LogP contribution in [0.25, 0.3) is 0 Å². The molecule has 0 saturated heterocycles. The van der Waals surface area contributed by atoms with Crippen LogP contribution in [-0.4, -0.2) is 16.8 Å². The molecule has 2 heteroatoms. The number of hydrogen-bond acceptors (Lipinski definition) is 2. The van der Waals surface area contributed by atoms with Crippen LogP contribution in [0.4, 0.5) is 0 Å². The van der Waals surface area contributed by atoms with Crippen LogP contribution in [0.2, 0.25) is 0 Å². The largest absolute Gasteiger partial charge is 0.392 e. The third-order valence-corrected chi connectivity index (χ3v) is 1.83. The summed E-state index contributed by atoms with van der Waals surface area (Å²) in [5.74, 6) is 0. The molecule has 0 bridgehead atoms. The van der Waals surface area contributed by atoms with E-state index < -0.39 is 6.10 Å². The average Bonchev–Trinajstić information content (AvgIpc) is 2.19. The van der Waals surface area contributed by atoms with Crippen LogP contribution in [-0.2, 0) is 0 Å². The number of aliphatic hydroxyl groups excluding tert-OH is 2. The van der Waals surface area contributed by atoms with E-state index in [9.17, 15) is 5.11 Å². The lowest BCUT2D eigenvalue weighted by atomic mass is 10.1. The Balaban J connectivity index is 2.75.